The van der Waals surface area contributed by atoms with Crippen LogP contribution in [-0.4, -0.2) is 25.9 Å². The van der Waals surface area contributed by atoms with Crippen LogP contribution in [0.25, 0.3) is 0 Å². The summed E-state index contributed by atoms with van der Waals surface area (Å²) in [6.07, 6.45) is 3.37. The van der Waals surface area contributed by atoms with Gasteiger partial charge in [-0.05, 0) is 6.42 Å². The molecule has 0 aliphatic carbocycles. The fourth-order valence-corrected chi connectivity index (χ4v) is 0.285. The molecule has 0 atom stereocenters. The fraction of sp³-hybridized carbons (Fsp3) is 0.600. The molecule has 8 heteroatoms. The van der Waals surface area contributed by atoms with E-state index in [1.54, 1.807) is 0 Å². The van der Waals surface area contributed by atoms with Crippen molar-refractivity contribution < 1.29 is 82.0 Å². The SMILES string of the molecule is O=CCCCC=O.O=S([O-])[O-].[Na+].[Na+]. The summed E-state index contributed by atoms with van der Waals surface area (Å²) in [6, 6.07) is 0. The Labute approximate surface area is 124 Å². The van der Waals surface area contributed by atoms with Crippen molar-refractivity contribution in [3.63, 3.8) is 0 Å². The van der Waals surface area contributed by atoms with E-state index in [0.29, 0.717) is 19.3 Å². The minimum Gasteiger partial charge on any atom is -0.784 e. The van der Waals surface area contributed by atoms with Crippen molar-refractivity contribution in [2.24, 2.45) is 0 Å². The summed E-state index contributed by atoms with van der Waals surface area (Å²) in [5, 5.41) is 0. The number of carbonyl (C=O) groups excluding carboxylic acids is 2. The van der Waals surface area contributed by atoms with E-state index < -0.39 is 11.4 Å². The van der Waals surface area contributed by atoms with E-state index >= 15 is 0 Å². The molecule has 0 heterocycles. The van der Waals surface area contributed by atoms with Gasteiger partial charge in [-0.2, -0.15) is 0 Å². The smallest absolute Gasteiger partial charge is 0.784 e. The van der Waals surface area contributed by atoms with Crippen molar-refractivity contribution >= 4 is 23.9 Å². The van der Waals surface area contributed by atoms with Crippen LogP contribution in [0.15, 0.2) is 0 Å². The molecule has 0 aromatic rings. The predicted octanol–water partition coefficient (Wildman–Crippen LogP) is -6.44. The molecule has 66 valence electrons. The van der Waals surface area contributed by atoms with E-state index in [2.05, 4.69) is 0 Å². The number of rotatable bonds is 4. The Morgan fingerprint density at radius 2 is 1.23 bits per heavy atom. The topological polar surface area (TPSA) is 97.3 Å². The van der Waals surface area contributed by atoms with Gasteiger partial charge in [0, 0.05) is 12.8 Å². The van der Waals surface area contributed by atoms with E-state index in [4.69, 9.17) is 13.3 Å². The molecule has 0 aliphatic heterocycles. The Balaban J connectivity index is -0.0000000600. The molecular weight excluding hydrogens is 218 g/mol. The van der Waals surface area contributed by atoms with Crippen molar-refractivity contribution in [3.05, 3.63) is 0 Å². The average molecular weight is 226 g/mol. The van der Waals surface area contributed by atoms with Crippen LogP contribution in [0, 0.1) is 0 Å². The van der Waals surface area contributed by atoms with Crippen molar-refractivity contribution in [1.29, 1.82) is 0 Å². The first-order valence-corrected chi connectivity index (χ1v) is 3.79. The van der Waals surface area contributed by atoms with E-state index in [9.17, 15) is 9.59 Å². The van der Waals surface area contributed by atoms with Gasteiger partial charge in [0.25, 0.3) is 0 Å². The number of carbonyl (C=O) groups is 2. The molecule has 0 spiro atoms. The molecule has 0 aliphatic rings. The molecule has 0 radical (unpaired) electrons. The fourth-order valence-electron chi connectivity index (χ4n) is 0.285. The van der Waals surface area contributed by atoms with Crippen LogP contribution in [0.4, 0.5) is 0 Å². The molecule has 0 fully saturated rings. The summed E-state index contributed by atoms with van der Waals surface area (Å²) in [6.45, 7) is 0. The number of hydrogen-bond donors (Lipinski definition) is 0. The van der Waals surface area contributed by atoms with Gasteiger partial charge in [-0.15, -0.1) is 11.4 Å². The van der Waals surface area contributed by atoms with Gasteiger partial charge < -0.3 is 18.7 Å². The normalized spacial score (nSPS) is 7.00. The summed E-state index contributed by atoms with van der Waals surface area (Å²) in [5.41, 5.74) is 0. The average Bonchev–Trinajstić information content (AvgIpc) is 1.88. The van der Waals surface area contributed by atoms with Crippen molar-refractivity contribution in [2.75, 3.05) is 0 Å². The van der Waals surface area contributed by atoms with Crippen LogP contribution in [0.5, 0.6) is 0 Å². The zero-order valence-electron chi connectivity index (χ0n) is 7.73. The molecule has 0 saturated carbocycles. The number of aldehydes is 2. The molecule has 0 amide bonds. The molecular formula is C5H8Na2O5S. The summed E-state index contributed by atoms with van der Waals surface area (Å²) < 4.78 is 25.3. The Hall–Kier alpha value is 1.41. The standard InChI is InChI=1S/C5H8O2.2Na.H2O3S/c6-4-2-1-3-5-7;;;1-4(2)3/h4-5H,1-3H2;;;(H2,1,2,3)/q;2*+1;/p-2. The summed E-state index contributed by atoms with van der Waals surface area (Å²) in [5.74, 6) is 0. The van der Waals surface area contributed by atoms with Gasteiger partial charge >= 0.3 is 59.1 Å². The third kappa shape index (κ3) is 59.6. The van der Waals surface area contributed by atoms with Gasteiger partial charge in [0.05, 0.1) is 0 Å². The summed E-state index contributed by atoms with van der Waals surface area (Å²) >= 11 is -3.11. The van der Waals surface area contributed by atoms with Crippen LogP contribution in [0.2, 0.25) is 0 Å². The van der Waals surface area contributed by atoms with Crippen LogP contribution in [0.1, 0.15) is 19.3 Å². The van der Waals surface area contributed by atoms with E-state index in [-0.39, 0.29) is 59.1 Å². The summed E-state index contributed by atoms with van der Waals surface area (Å²) in [4.78, 5) is 19.1. The second kappa shape index (κ2) is 23.3. The minimum absolute atomic E-state index is 0. The predicted molar refractivity (Wildman–Crippen MR) is 35.7 cm³/mol. The van der Waals surface area contributed by atoms with Crippen LogP contribution in [-0.2, 0) is 21.0 Å². The third-order valence-corrected chi connectivity index (χ3v) is 0.644. The first-order chi connectivity index (χ1) is 5.15. The number of hydrogen-bond acceptors (Lipinski definition) is 5. The zero-order valence-corrected chi connectivity index (χ0v) is 12.5. The number of unbranched alkanes of at least 4 members (excludes halogenated alkanes) is 2. The van der Waals surface area contributed by atoms with Gasteiger partial charge in [0.1, 0.15) is 12.6 Å². The maximum absolute atomic E-state index is 9.56. The van der Waals surface area contributed by atoms with Crippen LogP contribution < -0.4 is 59.1 Å². The summed E-state index contributed by atoms with van der Waals surface area (Å²) in [7, 11) is 0. The minimum atomic E-state index is -3.11. The Kier molecular flexibility index (Phi) is 42.9. The molecule has 0 bridgehead atoms. The molecule has 0 unspecified atom stereocenters. The molecule has 13 heavy (non-hydrogen) atoms. The van der Waals surface area contributed by atoms with Crippen LogP contribution in [0.3, 0.4) is 0 Å². The van der Waals surface area contributed by atoms with Crippen molar-refractivity contribution in [1.82, 2.24) is 0 Å². The largest absolute Gasteiger partial charge is 1.00 e. The van der Waals surface area contributed by atoms with Crippen LogP contribution >= 0.6 is 0 Å². The zero-order chi connectivity index (χ0) is 9.11. The Bertz CT molecular complexity index is 120. The molecule has 0 rings (SSSR count). The first kappa shape index (κ1) is 23.9. The maximum atomic E-state index is 9.56. The van der Waals surface area contributed by atoms with E-state index in [1.807, 2.05) is 0 Å². The quantitative estimate of drug-likeness (QED) is 0.205. The van der Waals surface area contributed by atoms with Gasteiger partial charge in [0.15, 0.2) is 0 Å². The Morgan fingerprint density at radius 3 is 1.38 bits per heavy atom. The first-order valence-electron chi connectivity index (χ1n) is 2.79. The van der Waals surface area contributed by atoms with Crippen molar-refractivity contribution in [2.45, 2.75) is 19.3 Å². The second-order valence-corrected chi connectivity index (χ2v) is 1.88. The van der Waals surface area contributed by atoms with E-state index in [0.717, 1.165) is 12.6 Å². The Morgan fingerprint density at radius 1 is 1.00 bits per heavy atom. The third-order valence-electron chi connectivity index (χ3n) is 0.644. The maximum Gasteiger partial charge on any atom is 1.00 e. The molecule has 0 aromatic carbocycles. The van der Waals surface area contributed by atoms with E-state index in [1.165, 1.54) is 0 Å². The van der Waals surface area contributed by atoms with Gasteiger partial charge in [-0.1, -0.05) is 0 Å². The molecule has 0 N–H and O–H groups in total. The van der Waals surface area contributed by atoms with Crippen molar-refractivity contribution in [3.8, 4) is 0 Å². The van der Waals surface area contributed by atoms with Gasteiger partial charge in [-0.25, -0.2) is 0 Å². The van der Waals surface area contributed by atoms with Gasteiger partial charge in [-0.3, -0.25) is 4.21 Å². The molecule has 0 aromatic heterocycles. The monoisotopic (exact) mass is 226 g/mol. The molecule has 5 nitrogen and oxygen atoms in total. The molecule has 0 saturated heterocycles. The second-order valence-electron chi connectivity index (χ2n) is 1.47. The van der Waals surface area contributed by atoms with Gasteiger partial charge in [0.2, 0.25) is 0 Å².